The van der Waals surface area contributed by atoms with Crippen molar-refractivity contribution in [1.82, 2.24) is 8.61 Å². The van der Waals surface area contributed by atoms with Gasteiger partial charge in [0.05, 0.1) is 20.2 Å². The predicted molar refractivity (Wildman–Crippen MR) is 166 cm³/mol. The van der Waals surface area contributed by atoms with Crippen LogP contribution in [0.5, 0.6) is 0 Å². The van der Waals surface area contributed by atoms with E-state index in [2.05, 4.69) is 15.3 Å². The molecule has 2 N–H and O–H groups in total. The van der Waals surface area contributed by atoms with Crippen molar-refractivity contribution in [1.29, 1.82) is 0 Å². The summed E-state index contributed by atoms with van der Waals surface area (Å²) in [5.74, 6) is 0.660. The molecule has 2 fully saturated rings. The van der Waals surface area contributed by atoms with E-state index in [1.54, 1.807) is 0 Å². The minimum Gasteiger partial charge on any atom is -0.230 e. The van der Waals surface area contributed by atoms with E-state index in [1.807, 2.05) is 27.7 Å². The Balaban J connectivity index is 1.71. The van der Waals surface area contributed by atoms with Crippen LogP contribution in [0.2, 0.25) is 0 Å². The molecular formula is C28H36N4O9PS2+. The quantitative estimate of drug-likeness (QED) is 0.0955. The number of benzene rings is 3. The number of nitrogens with zero attached hydrogens (tertiary/aromatic N) is 3. The average Bonchev–Trinajstić information content (AvgIpc) is 2.95. The number of anilines is 1. The molecule has 0 amide bonds. The Morgan fingerprint density at radius 2 is 1.18 bits per heavy atom. The number of hydrogen-bond donors (Lipinski definition) is 2. The molecule has 5 atom stereocenters. The maximum atomic E-state index is 13.8. The second-order valence-electron chi connectivity index (χ2n) is 12.3. The zero-order chi connectivity index (χ0) is 32.0. The normalized spacial score (nSPS) is 24.4. The van der Waals surface area contributed by atoms with Gasteiger partial charge in [-0.05, 0) is 66.0 Å². The highest BCUT2D eigenvalue weighted by Crippen LogP contribution is 2.44. The van der Waals surface area contributed by atoms with Gasteiger partial charge in [-0.2, -0.15) is 8.61 Å². The minimum absolute atomic E-state index is 0.0223. The number of fused-ring (bicyclic) bond motifs is 2. The maximum absolute atomic E-state index is 13.8. The van der Waals surface area contributed by atoms with E-state index in [1.165, 1.54) is 45.0 Å². The molecular weight excluding hydrogens is 631 g/mol. The van der Waals surface area contributed by atoms with E-state index in [0.29, 0.717) is 26.2 Å². The molecule has 44 heavy (non-hydrogen) atoms. The molecule has 0 spiro atoms. The minimum atomic E-state index is -3.96. The van der Waals surface area contributed by atoms with Crippen molar-refractivity contribution in [2.75, 3.05) is 31.7 Å². The van der Waals surface area contributed by atoms with E-state index in [9.17, 15) is 26.3 Å². The smallest absolute Gasteiger partial charge is 0.230 e. The van der Waals surface area contributed by atoms with Crippen LogP contribution in [-0.4, -0.2) is 56.5 Å². The average molecular weight is 668 g/mol. The van der Waals surface area contributed by atoms with Crippen LogP contribution in [0.15, 0.2) is 51.4 Å². The fraction of sp³-hybridized carbons (Fsp3) is 0.500. The van der Waals surface area contributed by atoms with Gasteiger partial charge in [-0.25, -0.2) is 22.3 Å². The highest BCUT2D eigenvalue weighted by Gasteiger charge is 2.34. The third kappa shape index (κ3) is 6.38. The molecule has 16 heteroatoms. The highest BCUT2D eigenvalue weighted by molar-refractivity contribution is 7.89. The van der Waals surface area contributed by atoms with Crippen molar-refractivity contribution in [3.63, 3.8) is 0 Å². The molecule has 2 saturated heterocycles. The van der Waals surface area contributed by atoms with Gasteiger partial charge >= 0.3 is 8.25 Å². The van der Waals surface area contributed by atoms with Gasteiger partial charge in [0.1, 0.15) is 5.69 Å². The Bertz CT molecular complexity index is 1700. The molecule has 238 valence electrons. The van der Waals surface area contributed by atoms with Crippen molar-refractivity contribution in [3.8, 4) is 0 Å². The Hall–Kier alpha value is -2.62. The van der Waals surface area contributed by atoms with Gasteiger partial charge in [0.15, 0.2) is 0 Å². The van der Waals surface area contributed by atoms with E-state index in [-0.39, 0.29) is 66.4 Å². The van der Waals surface area contributed by atoms with Crippen molar-refractivity contribution >= 4 is 61.2 Å². The fourth-order valence-corrected chi connectivity index (χ4v) is 10.2. The molecule has 0 aromatic heterocycles. The molecule has 0 saturated carbocycles. The summed E-state index contributed by atoms with van der Waals surface area (Å²) in [4.78, 5) is 26.0. The Morgan fingerprint density at radius 1 is 0.773 bits per heavy atom. The molecule has 2 aliphatic heterocycles. The summed E-state index contributed by atoms with van der Waals surface area (Å²) in [6.07, 6.45) is 1.81. The molecule has 0 aliphatic carbocycles. The van der Waals surface area contributed by atoms with E-state index < -0.39 is 28.3 Å². The zero-order valence-corrected chi connectivity index (χ0v) is 27.4. The first-order valence-corrected chi connectivity index (χ1v) is 18.4. The number of sulfonamides is 2. The third-order valence-electron chi connectivity index (χ3n) is 8.31. The van der Waals surface area contributed by atoms with Crippen LogP contribution in [0.4, 0.5) is 11.4 Å². The lowest BCUT2D eigenvalue weighted by Crippen LogP contribution is -2.42. The molecule has 3 aromatic carbocycles. The topological polar surface area (TPSA) is 172 Å². The molecule has 0 bridgehead atoms. The first-order chi connectivity index (χ1) is 20.7. The van der Waals surface area contributed by atoms with E-state index >= 15 is 0 Å². The number of nitroso groups, excluding NO2 is 1. The number of piperidine rings is 2. The standard InChI is InChI=1S/C28H35N4O9PS2/c1-17-9-18(2)14-31(13-17)43(36,37)21-5-7-23-25(11-21)28(30-40-41-42(34)35)26-12-22(6-8-24(26)27(23)29-33)44(38,39)32-15-19(3)10-20(4)16-32/h5-8,11-12,17-20,30H,9-10,13-16H2,1-4H3/p+1/t17-,18+,19-,20+. The van der Waals surface area contributed by atoms with Gasteiger partial charge in [0, 0.05) is 52.3 Å². The van der Waals surface area contributed by atoms with Crippen molar-refractivity contribution in [2.45, 2.75) is 50.3 Å². The number of nitrogens with one attached hydrogen (secondary N) is 1. The van der Waals surface area contributed by atoms with Crippen LogP contribution in [0, 0.1) is 28.6 Å². The van der Waals surface area contributed by atoms with E-state index in [4.69, 9.17) is 9.88 Å². The Morgan fingerprint density at radius 3 is 1.55 bits per heavy atom. The Labute approximate surface area is 257 Å². The molecule has 1 unspecified atom stereocenters. The fourth-order valence-electron chi connectivity index (χ4n) is 6.69. The van der Waals surface area contributed by atoms with Gasteiger partial charge < -0.3 is 0 Å². The summed E-state index contributed by atoms with van der Waals surface area (Å²) in [5.41, 5.74) is 2.41. The molecule has 2 aliphatic rings. The summed E-state index contributed by atoms with van der Waals surface area (Å²) in [6.45, 7) is 9.39. The lowest BCUT2D eigenvalue weighted by atomic mass is 9.94. The van der Waals surface area contributed by atoms with Crippen LogP contribution in [0.25, 0.3) is 21.5 Å². The second kappa shape index (κ2) is 12.6. The summed E-state index contributed by atoms with van der Waals surface area (Å²) in [5, 5.41) is 4.03. The van der Waals surface area contributed by atoms with Gasteiger partial charge in [-0.15, -0.1) is 9.80 Å². The third-order valence-corrected chi connectivity index (χ3v) is 12.2. The first kappa shape index (κ1) is 32.8. The van der Waals surface area contributed by atoms with Crippen molar-refractivity contribution in [2.24, 2.45) is 28.8 Å². The largest absolute Gasteiger partial charge is 0.727 e. The highest BCUT2D eigenvalue weighted by atomic mass is 32.2. The zero-order valence-electron chi connectivity index (χ0n) is 24.8. The molecule has 13 nitrogen and oxygen atoms in total. The second-order valence-corrected chi connectivity index (χ2v) is 16.8. The summed E-state index contributed by atoms with van der Waals surface area (Å²) in [7, 11) is -11.1. The molecule has 0 radical (unpaired) electrons. The Kier molecular flexibility index (Phi) is 9.41. The van der Waals surface area contributed by atoms with Gasteiger partial charge in [-0.3, -0.25) is 0 Å². The van der Waals surface area contributed by atoms with Crippen LogP contribution < -0.4 is 5.48 Å². The van der Waals surface area contributed by atoms with Crippen LogP contribution >= 0.6 is 8.25 Å². The summed E-state index contributed by atoms with van der Waals surface area (Å²) >= 11 is 0. The predicted octanol–water partition coefficient (Wildman–Crippen LogP) is 5.65. The molecule has 2 heterocycles. The maximum Gasteiger partial charge on any atom is 0.727 e. The monoisotopic (exact) mass is 667 g/mol. The first-order valence-electron chi connectivity index (χ1n) is 14.3. The summed E-state index contributed by atoms with van der Waals surface area (Å²) < 4.78 is 73.5. The molecule has 3 aromatic rings. The van der Waals surface area contributed by atoms with Crippen LogP contribution in [-0.2, 0) is 34.3 Å². The van der Waals surface area contributed by atoms with Crippen LogP contribution in [0.1, 0.15) is 40.5 Å². The van der Waals surface area contributed by atoms with E-state index in [0.717, 1.165) is 12.8 Å². The molecule has 5 rings (SSSR count). The van der Waals surface area contributed by atoms with Crippen molar-refractivity contribution in [3.05, 3.63) is 41.3 Å². The summed E-state index contributed by atoms with van der Waals surface area (Å²) in [6, 6.07) is 8.39. The van der Waals surface area contributed by atoms with Gasteiger partial charge in [0.25, 0.3) is 0 Å². The van der Waals surface area contributed by atoms with Crippen molar-refractivity contribution < 1.29 is 36.0 Å². The number of hydrogen-bond acceptors (Lipinski definition) is 10. The lowest BCUT2D eigenvalue weighted by molar-refractivity contribution is -0.179. The van der Waals surface area contributed by atoms with Gasteiger partial charge in [-0.1, -0.05) is 44.8 Å². The number of rotatable bonds is 9. The SMILES string of the molecule is C[C@@H]1C[C@H](C)CN(S(=O)(=O)c2ccc3c(N=O)c4ccc(S(=O)(=O)N5C[C@H](C)C[C@H](C)C5)cc4c(NOO[P+](=O)O)c3c2)C1. The van der Waals surface area contributed by atoms with Gasteiger partial charge in [0.2, 0.25) is 20.0 Å². The van der Waals surface area contributed by atoms with Crippen LogP contribution in [0.3, 0.4) is 0 Å². The lowest BCUT2D eigenvalue weighted by Gasteiger charge is -2.34.